The SMILES string of the molecule is O=C(CCC(F)(F)F)Nc1cc(C#CCCO)ccn1. The number of pyridine rings is 1. The summed E-state index contributed by atoms with van der Waals surface area (Å²) < 4.78 is 35.9. The summed E-state index contributed by atoms with van der Waals surface area (Å²) in [5.41, 5.74) is 0.555. The van der Waals surface area contributed by atoms with Crippen LogP contribution in [0.4, 0.5) is 19.0 Å². The summed E-state index contributed by atoms with van der Waals surface area (Å²) in [4.78, 5) is 15.1. The summed E-state index contributed by atoms with van der Waals surface area (Å²) in [6.07, 6.45) is -4.47. The molecular formula is C13H13F3N2O2. The number of alkyl halides is 3. The second-order valence-corrected chi connectivity index (χ2v) is 3.87. The smallest absolute Gasteiger partial charge is 0.389 e. The number of aliphatic hydroxyl groups excluding tert-OH is 1. The van der Waals surface area contributed by atoms with Crippen molar-refractivity contribution >= 4 is 11.7 Å². The highest BCUT2D eigenvalue weighted by Gasteiger charge is 2.27. The molecule has 1 aromatic heterocycles. The molecule has 1 aromatic rings. The van der Waals surface area contributed by atoms with Crippen LogP contribution in [0.3, 0.4) is 0 Å². The third-order valence-electron chi connectivity index (χ3n) is 2.13. The van der Waals surface area contributed by atoms with Gasteiger partial charge in [0, 0.05) is 24.6 Å². The van der Waals surface area contributed by atoms with Gasteiger partial charge in [-0.2, -0.15) is 13.2 Å². The molecule has 0 radical (unpaired) electrons. The number of aromatic nitrogens is 1. The molecule has 0 saturated carbocycles. The Bertz CT molecular complexity index is 518. The number of halogens is 3. The third-order valence-corrected chi connectivity index (χ3v) is 2.13. The molecule has 0 aromatic carbocycles. The van der Waals surface area contributed by atoms with Gasteiger partial charge in [0.25, 0.3) is 0 Å². The van der Waals surface area contributed by atoms with Gasteiger partial charge in [-0.3, -0.25) is 4.79 Å². The molecule has 0 saturated heterocycles. The Morgan fingerprint density at radius 3 is 2.85 bits per heavy atom. The predicted octanol–water partition coefficient (Wildman–Crippen LogP) is 2.10. The summed E-state index contributed by atoms with van der Waals surface area (Å²) in [5, 5.41) is 10.9. The molecule has 4 nitrogen and oxygen atoms in total. The van der Waals surface area contributed by atoms with Gasteiger partial charge >= 0.3 is 6.18 Å². The zero-order valence-corrected chi connectivity index (χ0v) is 10.5. The Kier molecular flexibility index (Phi) is 6.00. The molecule has 0 atom stereocenters. The first-order valence-electron chi connectivity index (χ1n) is 5.83. The van der Waals surface area contributed by atoms with Crippen LogP contribution in [0, 0.1) is 11.8 Å². The van der Waals surface area contributed by atoms with E-state index in [0.717, 1.165) is 0 Å². The fourth-order valence-electron chi connectivity index (χ4n) is 1.26. The quantitative estimate of drug-likeness (QED) is 0.833. The van der Waals surface area contributed by atoms with Crippen LogP contribution in [0.2, 0.25) is 0 Å². The van der Waals surface area contributed by atoms with E-state index in [0.29, 0.717) is 12.0 Å². The van der Waals surface area contributed by atoms with Crippen molar-refractivity contribution in [3.63, 3.8) is 0 Å². The van der Waals surface area contributed by atoms with Gasteiger partial charge in [-0.05, 0) is 12.1 Å². The maximum Gasteiger partial charge on any atom is 0.389 e. The molecule has 108 valence electrons. The van der Waals surface area contributed by atoms with Gasteiger partial charge in [0.2, 0.25) is 5.91 Å². The fraction of sp³-hybridized carbons (Fsp3) is 0.385. The van der Waals surface area contributed by atoms with Gasteiger partial charge < -0.3 is 10.4 Å². The minimum absolute atomic E-state index is 0.0564. The van der Waals surface area contributed by atoms with E-state index in [1.165, 1.54) is 12.3 Å². The van der Waals surface area contributed by atoms with Crippen LogP contribution < -0.4 is 5.32 Å². The average molecular weight is 286 g/mol. The molecule has 0 bridgehead atoms. The molecule has 20 heavy (non-hydrogen) atoms. The maximum absolute atomic E-state index is 12.0. The molecule has 7 heteroatoms. The highest BCUT2D eigenvalue weighted by molar-refractivity contribution is 5.89. The zero-order valence-electron chi connectivity index (χ0n) is 10.5. The molecule has 1 amide bonds. The van der Waals surface area contributed by atoms with E-state index in [9.17, 15) is 18.0 Å². The van der Waals surface area contributed by atoms with Crippen molar-refractivity contribution in [3.8, 4) is 11.8 Å². The Balaban J connectivity index is 2.58. The summed E-state index contributed by atoms with van der Waals surface area (Å²) in [6.45, 7) is -0.0564. The summed E-state index contributed by atoms with van der Waals surface area (Å²) in [7, 11) is 0. The lowest BCUT2D eigenvalue weighted by atomic mass is 10.2. The largest absolute Gasteiger partial charge is 0.395 e. The van der Waals surface area contributed by atoms with E-state index in [-0.39, 0.29) is 12.4 Å². The monoisotopic (exact) mass is 286 g/mol. The van der Waals surface area contributed by atoms with Crippen LogP contribution in [-0.2, 0) is 4.79 Å². The van der Waals surface area contributed by atoms with Gasteiger partial charge in [0.05, 0.1) is 13.0 Å². The maximum atomic E-state index is 12.0. The molecule has 2 N–H and O–H groups in total. The van der Waals surface area contributed by atoms with Crippen LogP contribution in [0.25, 0.3) is 0 Å². The second-order valence-electron chi connectivity index (χ2n) is 3.87. The van der Waals surface area contributed by atoms with Crippen LogP contribution in [0.1, 0.15) is 24.8 Å². The normalized spacial score (nSPS) is 10.6. The number of aliphatic hydroxyl groups is 1. The number of hydrogen-bond donors (Lipinski definition) is 2. The van der Waals surface area contributed by atoms with Crippen LogP contribution in [-0.4, -0.2) is 28.8 Å². The topological polar surface area (TPSA) is 62.2 Å². The number of nitrogens with zero attached hydrogens (tertiary/aromatic N) is 1. The van der Waals surface area contributed by atoms with Crippen LogP contribution in [0.15, 0.2) is 18.3 Å². The van der Waals surface area contributed by atoms with Gasteiger partial charge in [0.1, 0.15) is 5.82 Å². The first-order valence-corrected chi connectivity index (χ1v) is 5.83. The Hall–Kier alpha value is -2.07. The standard InChI is InChI=1S/C13H13F3N2O2/c14-13(15,16)6-4-12(20)18-11-9-10(5-7-17-11)3-1-2-8-19/h5,7,9,19H,2,4,6,8H2,(H,17,18,20). The van der Waals surface area contributed by atoms with Crippen molar-refractivity contribution in [2.75, 3.05) is 11.9 Å². The first-order chi connectivity index (χ1) is 9.40. The van der Waals surface area contributed by atoms with Crippen molar-refractivity contribution in [3.05, 3.63) is 23.9 Å². The summed E-state index contributed by atoms with van der Waals surface area (Å²) in [6, 6.07) is 3.05. The Labute approximate surface area is 114 Å². The molecule has 0 spiro atoms. The van der Waals surface area contributed by atoms with E-state index in [1.54, 1.807) is 6.07 Å². The van der Waals surface area contributed by atoms with Gasteiger partial charge in [-0.1, -0.05) is 11.8 Å². The highest BCUT2D eigenvalue weighted by atomic mass is 19.4. The average Bonchev–Trinajstić information content (AvgIpc) is 2.36. The van der Waals surface area contributed by atoms with Gasteiger partial charge in [-0.25, -0.2) is 4.98 Å². The zero-order chi connectivity index (χ0) is 15.0. The number of anilines is 1. The molecule has 0 aliphatic rings. The molecular weight excluding hydrogens is 273 g/mol. The number of nitrogens with one attached hydrogen (secondary N) is 1. The molecule has 0 unspecified atom stereocenters. The Morgan fingerprint density at radius 1 is 1.45 bits per heavy atom. The lowest BCUT2D eigenvalue weighted by molar-refractivity contribution is -0.142. The van der Waals surface area contributed by atoms with Crippen molar-refractivity contribution in [1.29, 1.82) is 0 Å². The van der Waals surface area contributed by atoms with Gasteiger partial charge in [0.15, 0.2) is 0 Å². The lowest BCUT2D eigenvalue weighted by Gasteiger charge is -2.06. The first kappa shape index (κ1) is 16.0. The molecule has 0 aliphatic carbocycles. The number of carbonyl (C=O) groups is 1. The minimum atomic E-state index is -4.36. The minimum Gasteiger partial charge on any atom is -0.395 e. The Morgan fingerprint density at radius 2 is 2.20 bits per heavy atom. The van der Waals surface area contributed by atoms with E-state index in [1.807, 2.05) is 0 Å². The fourth-order valence-corrected chi connectivity index (χ4v) is 1.26. The highest BCUT2D eigenvalue weighted by Crippen LogP contribution is 2.21. The van der Waals surface area contributed by atoms with E-state index >= 15 is 0 Å². The van der Waals surface area contributed by atoms with E-state index < -0.39 is 24.9 Å². The van der Waals surface area contributed by atoms with E-state index in [2.05, 4.69) is 22.1 Å². The second kappa shape index (κ2) is 7.50. The third kappa shape index (κ3) is 6.75. The molecule has 0 aliphatic heterocycles. The number of hydrogen-bond acceptors (Lipinski definition) is 3. The van der Waals surface area contributed by atoms with Crippen LogP contribution >= 0.6 is 0 Å². The van der Waals surface area contributed by atoms with E-state index in [4.69, 9.17) is 5.11 Å². The van der Waals surface area contributed by atoms with Gasteiger partial charge in [-0.15, -0.1) is 0 Å². The van der Waals surface area contributed by atoms with Crippen LogP contribution in [0.5, 0.6) is 0 Å². The summed E-state index contributed by atoms with van der Waals surface area (Å²) >= 11 is 0. The summed E-state index contributed by atoms with van der Waals surface area (Å²) in [5.74, 6) is 4.81. The predicted molar refractivity (Wildman–Crippen MR) is 66.7 cm³/mol. The van der Waals surface area contributed by atoms with Crippen molar-refractivity contribution < 1.29 is 23.1 Å². The molecule has 1 rings (SSSR count). The molecule has 0 fully saturated rings. The van der Waals surface area contributed by atoms with Crippen molar-refractivity contribution in [2.24, 2.45) is 0 Å². The lowest BCUT2D eigenvalue weighted by Crippen LogP contribution is -2.17. The van der Waals surface area contributed by atoms with Crippen molar-refractivity contribution in [2.45, 2.75) is 25.4 Å². The number of carbonyl (C=O) groups excluding carboxylic acids is 1. The van der Waals surface area contributed by atoms with Crippen molar-refractivity contribution in [1.82, 2.24) is 4.98 Å². The molecule has 1 heterocycles. The number of rotatable bonds is 4. The number of amides is 1.